The van der Waals surface area contributed by atoms with Crippen molar-refractivity contribution in [1.82, 2.24) is 9.78 Å². The summed E-state index contributed by atoms with van der Waals surface area (Å²) in [6.07, 6.45) is -3.13. The summed E-state index contributed by atoms with van der Waals surface area (Å²) >= 11 is 0. The molecular weight excluding hydrogens is 417 g/mol. The average Bonchev–Trinajstić information content (AvgIpc) is 3.32. The van der Waals surface area contributed by atoms with Crippen molar-refractivity contribution in [2.45, 2.75) is 12.9 Å². The van der Waals surface area contributed by atoms with Crippen LogP contribution in [-0.2, 0) is 13.6 Å². The van der Waals surface area contributed by atoms with Crippen LogP contribution in [0.3, 0.4) is 0 Å². The second-order valence-corrected chi connectivity index (χ2v) is 6.63. The summed E-state index contributed by atoms with van der Waals surface area (Å²) in [6, 6.07) is 10.4. The summed E-state index contributed by atoms with van der Waals surface area (Å²) in [6.45, 7) is 0.592. The van der Waals surface area contributed by atoms with Crippen LogP contribution in [0.5, 0.6) is 17.2 Å². The molecule has 2 heterocycles. The number of aromatic nitrogens is 2. The highest BCUT2D eigenvalue weighted by molar-refractivity contribution is 6.06. The van der Waals surface area contributed by atoms with Gasteiger partial charge in [0.15, 0.2) is 17.2 Å². The van der Waals surface area contributed by atoms with Crippen molar-refractivity contribution < 1.29 is 32.2 Å². The van der Waals surface area contributed by atoms with Crippen LogP contribution in [0, 0.1) is 0 Å². The number of amides is 1. The van der Waals surface area contributed by atoms with E-state index in [0.717, 1.165) is 17.7 Å². The molecule has 31 heavy (non-hydrogen) atoms. The third-order valence-corrected chi connectivity index (χ3v) is 4.31. The van der Waals surface area contributed by atoms with E-state index >= 15 is 0 Å². The highest BCUT2D eigenvalue weighted by Crippen LogP contribution is 2.32. The van der Waals surface area contributed by atoms with E-state index in [-0.39, 0.29) is 18.2 Å². The van der Waals surface area contributed by atoms with Gasteiger partial charge in [-0.2, -0.15) is 5.10 Å². The second kappa shape index (κ2) is 8.09. The number of benzene rings is 2. The minimum Gasteiger partial charge on any atom is -0.454 e. The van der Waals surface area contributed by atoms with Crippen LogP contribution in [0.15, 0.2) is 48.7 Å². The molecule has 11 heteroatoms. The highest BCUT2D eigenvalue weighted by Gasteiger charge is 2.31. The molecule has 0 bridgehead atoms. The van der Waals surface area contributed by atoms with E-state index in [1.807, 2.05) is 18.2 Å². The molecule has 0 atom stereocenters. The van der Waals surface area contributed by atoms with Crippen LogP contribution in [0.25, 0.3) is 0 Å². The smallest absolute Gasteiger partial charge is 0.454 e. The molecule has 1 amide bonds. The van der Waals surface area contributed by atoms with Gasteiger partial charge in [-0.05, 0) is 42.0 Å². The molecular formula is C20H17F3N4O4. The number of carbonyl (C=O) groups is 1. The van der Waals surface area contributed by atoms with E-state index in [4.69, 9.17) is 9.47 Å². The summed E-state index contributed by atoms with van der Waals surface area (Å²) < 4.78 is 52.7. The molecule has 1 aliphatic rings. The SMILES string of the molecule is Cn1cc(NCc2ccc3c(c2)OCO3)c(C(=O)Nc2ccc(OC(F)(F)F)cc2)n1. The monoisotopic (exact) mass is 434 g/mol. The number of fused-ring (bicyclic) bond motifs is 1. The number of rotatable bonds is 6. The maximum absolute atomic E-state index is 12.7. The zero-order valence-corrected chi connectivity index (χ0v) is 16.2. The highest BCUT2D eigenvalue weighted by atomic mass is 19.4. The zero-order valence-electron chi connectivity index (χ0n) is 16.2. The van der Waals surface area contributed by atoms with Crippen molar-refractivity contribution in [3.05, 3.63) is 59.9 Å². The Kier molecular flexibility index (Phi) is 5.32. The normalized spacial score (nSPS) is 12.5. The van der Waals surface area contributed by atoms with Gasteiger partial charge >= 0.3 is 6.36 Å². The molecule has 0 fully saturated rings. The van der Waals surface area contributed by atoms with Gasteiger partial charge in [-0.25, -0.2) is 0 Å². The predicted octanol–water partition coefficient (Wildman–Crippen LogP) is 3.91. The number of aryl methyl sites for hydroxylation is 1. The van der Waals surface area contributed by atoms with Crippen molar-refractivity contribution >= 4 is 17.3 Å². The average molecular weight is 434 g/mol. The molecule has 0 spiro atoms. The largest absolute Gasteiger partial charge is 0.573 e. The van der Waals surface area contributed by atoms with E-state index in [1.54, 1.807) is 13.2 Å². The van der Waals surface area contributed by atoms with E-state index in [2.05, 4.69) is 20.5 Å². The fourth-order valence-corrected chi connectivity index (χ4v) is 2.96. The van der Waals surface area contributed by atoms with Gasteiger partial charge in [0.05, 0.1) is 5.69 Å². The van der Waals surface area contributed by atoms with Gasteiger partial charge in [0.2, 0.25) is 6.79 Å². The Morgan fingerprint density at radius 1 is 1.16 bits per heavy atom. The van der Waals surface area contributed by atoms with E-state index in [1.165, 1.54) is 16.8 Å². The van der Waals surface area contributed by atoms with Gasteiger partial charge in [-0.15, -0.1) is 13.2 Å². The fourth-order valence-electron chi connectivity index (χ4n) is 2.96. The van der Waals surface area contributed by atoms with E-state index < -0.39 is 12.3 Å². The Morgan fingerprint density at radius 3 is 2.65 bits per heavy atom. The molecule has 1 aliphatic heterocycles. The topological polar surface area (TPSA) is 86.6 Å². The van der Waals surface area contributed by atoms with Crippen LogP contribution < -0.4 is 24.8 Å². The van der Waals surface area contributed by atoms with Crippen LogP contribution in [0.4, 0.5) is 24.5 Å². The molecule has 3 aromatic rings. The molecule has 0 saturated heterocycles. The van der Waals surface area contributed by atoms with Gasteiger partial charge in [-0.3, -0.25) is 9.48 Å². The zero-order chi connectivity index (χ0) is 22.0. The first kappa shape index (κ1) is 20.4. The first-order valence-electron chi connectivity index (χ1n) is 9.10. The second-order valence-electron chi connectivity index (χ2n) is 6.63. The third-order valence-electron chi connectivity index (χ3n) is 4.31. The number of halogens is 3. The number of nitrogens with one attached hydrogen (secondary N) is 2. The molecule has 162 valence electrons. The maximum Gasteiger partial charge on any atom is 0.573 e. The van der Waals surface area contributed by atoms with E-state index in [9.17, 15) is 18.0 Å². The van der Waals surface area contributed by atoms with Crippen molar-refractivity contribution in [3.8, 4) is 17.2 Å². The molecule has 0 radical (unpaired) electrons. The maximum atomic E-state index is 12.7. The predicted molar refractivity (Wildman–Crippen MR) is 104 cm³/mol. The lowest BCUT2D eigenvalue weighted by molar-refractivity contribution is -0.274. The minimum atomic E-state index is -4.78. The Hall–Kier alpha value is -3.89. The summed E-state index contributed by atoms with van der Waals surface area (Å²) in [5, 5.41) is 9.93. The standard InChI is InChI=1S/C20H17F3N4O4/c1-27-10-15(24-9-12-2-7-16-17(8-12)30-11-29-16)18(26-27)19(28)25-13-3-5-14(6-4-13)31-20(21,22)23/h2-8,10,24H,9,11H2,1H3,(H,25,28). The van der Waals surface area contributed by atoms with Crippen molar-refractivity contribution in [3.63, 3.8) is 0 Å². The number of hydrogen-bond acceptors (Lipinski definition) is 6. The molecule has 1 aromatic heterocycles. The molecule has 0 unspecified atom stereocenters. The van der Waals surface area contributed by atoms with Crippen molar-refractivity contribution in [2.75, 3.05) is 17.4 Å². The Bertz CT molecular complexity index is 1100. The van der Waals surface area contributed by atoms with Crippen LogP contribution in [0.2, 0.25) is 0 Å². The molecule has 2 aromatic carbocycles. The van der Waals surface area contributed by atoms with Gasteiger partial charge < -0.3 is 24.8 Å². The minimum absolute atomic E-state index is 0.138. The van der Waals surface area contributed by atoms with Crippen molar-refractivity contribution in [1.29, 1.82) is 0 Å². The lowest BCUT2D eigenvalue weighted by atomic mass is 10.2. The van der Waals surface area contributed by atoms with Gasteiger partial charge in [-0.1, -0.05) is 6.07 Å². The van der Waals surface area contributed by atoms with Crippen LogP contribution in [0.1, 0.15) is 16.1 Å². The Balaban J connectivity index is 1.42. The summed E-state index contributed by atoms with van der Waals surface area (Å²) in [4.78, 5) is 12.7. The van der Waals surface area contributed by atoms with Crippen molar-refractivity contribution in [2.24, 2.45) is 7.05 Å². The lowest BCUT2D eigenvalue weighted by Gasteiger charge is -2.10. The third kappa shape index (κ3) is 5.00. The van der Waals surface area contributed by atoms with Crippen LogP contribution >= 0.6 is 0 Å². The lowest BCUT2D eigenvalue weighted by Crippen LogP contribution is -2.17. The molecule has 8 nitrogen and oxygen atoms in total. The number of alkyl halides is 3. The summed E-state index contributed by atoms with van der Waals surface area (Å²) in [5.41, 5.74) is 1.85. The fraction of sp³-hybridized carbons (Fsp3) is 0.200. The van der Waals surface area contributed by atoms with Gasteiger partial charge in [0.25, 0.3) is 5.91 Å². The first-order chi connectivity index (χ1) is 14.8. The number of hydrogen-bond donors (Lipinski definition) is 2. The van der Waals surface area contributed by atoms with Crippen LogP contribution in [-0.4, -0.2) is 28.8 Å². The number of ether oxygens (including phenoxy) is 3. The quantitative estimate of drug-likeness (QED) is 0.612. The molecule has 0 aliphatic carbocycles. The van der Waals surface area contributed by atoms with E-state index in [0.29, 0.717) is 29.4 Å². The molecule has 4 rings (SSSR count). The summed E-state index contributed by atoms with van der Waals surface area (Å²) in [7, 11) is 1.67. The Morgan fingerprint density at radius 2 is 1.90 bits per heavy atom. The molecule has 2 N–H and O–H groups in total. The number of nitrogens with zero attached hydrogens (tertiary/aromatic N) is 2. The van der Waals surface area contributed by atoms with Gasteiger partial charge in [0.1, 0.15) is 5.75 Å². The van der Waals surface area contributed by atoms with Gasteiger partial charge in [0, 0.05) is 25.5 Å². The first-order valence-corrected chi connectivity index (χ1v) is 9.10. The number of carbonyl (C=O) groups excluding carboxylic acids is 1. The molecule has 0 saturated carbocycles. The number of anilines is 2. The Labute approximate surface area is 174 Å². The summed E-state index contributed by atoms with van der Waals surface area (Å²) in [5.74, 6) is 0.436.